The fourth-order valence-electron chi connectivity index (χ4n) is 2.83. The molecule has 162 valence electrons. The van der Waals surface area contributed by atoms with E-state index in [1.165, 1.54) is 17.6 Å². The van der Waals surface area contributed by atoms with Crippen LogP contribution >= 0.6 is 23.6 Å². The number of nitrogens with one attached hydrogen (secondary N) is 3. The van der Waals surface area contributed by atoms with Crippen molar-refractivity contribution < 1.29 is 18.7 Å². The summed E-state index contributed by atoms with van der Waals surface area (Å²) in [5, 5.41) is 8.97. The van der Waals surface area contributed by atoms with E-state index >= 15 is 0 Å². The van der Waals surface area contributed by atoms with Gasteiger partial charge in [0.05, 0.1) is 23.1 Å². The van der Waals surface area contributed by atoms with E-state index < -0.39 is 0 Å². The van der Waals surface area contributed by atoms with Crippen LogP contribution in [0.3, 0.4) is 0 Å². The maximum Gasteiger partial charge on any atom is 0.293 e. The zero-order valence-electron chi connectivity index (χ0n) is 16.9. The highest BCUT2D eigenvalue weighted by atomic mass is 32.1. The predicted molar refractivity (Wildman–Crippen MR) is 128 cm³/mol. The molecule has 2 heterocycles. The fraction of sp³-hybridized carbons (Fsp3) is 0.0909. The summed E-state index contributed by atoms with van der Waals surface area (Å²) in [6, 6.07) is 15.4. The molecular formula is C22H18N4O4S2. The third-order valence-corrected chi connectivity index (χ3v) is 5.40. The minimum Gasteiger partial charge on any atom is -0.494 e. The quantitative estimate of drug-likeness (QED) is 0.355. The molecule has 0 radical (unpaired) electrons. The molecule has 0 aliphatic rings. The second-order valence-electron chi connectivity index (χ2n) is 6.50. The van der Waals surface area contributed by atoms with Gasteiger partial charge in [0.25, 0.3) is 11.8 Å². The van der Waals surface area contributed by atoms with E-state index in [-0.39, 0.29) is 22.7 Å². The number of thiocarbonyl (C=S) groups is 1. The molecule has 0 atom stereocenters. The molecule has 8 nitrogen and oxygen atoms in total. The number of nitrogens with zero attached hydrogens (tertiary/aromatic N) is 1. The standard InChI is InChI=1S/C22H18N4O4S2/c1-2-29-15-8-5-13(6-9-15)19(27)25-21(31)23-14-7-10-16-18(12-14)32-22(24-16)26-20(28)17-4-3-11-30-17/h3-12H,2H2,1H3,(H,24,26,28)(H2,23,25,27,31). The predicted octanol–water partition coefficient (Wildman–Crippen LogP) is 4.67. The minimum atomic E-state index is -0.370. The molecule has 4 rings (SSSR count). The SMILES string of the molecule is CCOc1ccc(C(=O)NC(=S)Nc2ccc3nc(NC(=O)c4ccco4)sc3c2)cc1. The second-order valence-corrected chi connectivity index (χ2v) is 7.94. The second kappa shape index (κ2) is 9.58. The van der Waals surface area contributed by atoms with Crippen LogP contribution in [0, 0.1) is 0 Å². The van der Waals surface area contributed by atoms with E-state index in [0.29, 0.717) is 28.7 Å². The van der Waals surface area contributed by atoms with Gasteiger partial charge in [-0.15, -0.1) is 0 Å². The third kappa shape index (κ3) is 5.10. The normalized spacial score (nSPS) is 10.5. The van der Waals surface area contributed by atoms with Crippen molar-refractivity contribution in [1.82, 2.24) is 10.3 Å². The highest BCUT2D eigenvalue weighted by Crippen LogP contribution is 2.28. The molecule has 0 saturated heterocycles. The molecular weight excluding hydrogens is 448 g/mol. The molecule has 10 heteroatoms. The van der Waals surface area contributed by atoms with Crippen molar-refractivity contribution in [2.45, 2.75) is 6.92 Å². The molecule has 0 aliphatic heterocycles. The van der Waals surface area contributed by atoms with Gasteiger partial charge in [0.15, 0.2) is 16.0 Å². The summed E-state index contributed by atoms with van der Waals surface area (Å²) in [5.41, 5.74) is 1.87. The van der Waals surface area contributed by atoms with E-state index in [2.05, 4.69) is 20.9 Å². The number of benzene rings is 2. The Morgan fingerprint density at radius 3 is 2.62 bits per heavy atom. The summed E-state index contributed by atoms with van der Waals surface area (Å²) >= 11 is 6.58. The first kappa shape index (κ1) is 21.5. The van der Waals surface area contributed by atoms with Crippen molar-refractivity contribution in [3.63, 3.8) is 0 Å². The minimum absolute atomic E-state index is 0.166. The largest absolute Gasteiger partial charge is 0.494 e. The van der Waals surface area contributed by atoms with Gasteiger partial charge in [-0.25, -0.2) is 4.98 Å². The van der Waals surface area contributed by atoms with Gasteiger partial charge in [0.1, 0.15) is 5.75 Å². The Kier molecular flexibility index (Phi) is 6.43. The average molecular weight is 467 g/mol. The lowest BCUT2D eigenvalue weighted by Crippen LogP contribution is -2.34. The van der Waals surface area contributed by atoms with Gasteiger partial charge in [0, 0.05) is 11.3 Å². The number of hydrogen-bond donors (Lipinski definition) is 3. The zero-order chi connectivity index (χ0) is 22.5. The maximum absolute atomic E-state index is 12.4. The molecule has 0 saturated carbocycles. The average Bonchev–Trinajstić information content (AvgIpc) is 3.44. The lowest BCUT2D eigenvalue weighted by molar-refractivity contribution is 0.0975. The highest BCUT2D eigenvalue weighted by molar-refractivity contribution is 7.80. The lowest BCUT2D eigenvalue weighted by atomic mass is 10.2. The van der Waals surface area contributed by atoms with Crippen LogP contribution in [0.2, 0.25) is 0 Å². The van der Waals surface area contributed by atoms with Gasteiger partial charge in [0.2, 0.25) is 0 Å². The number of amides is 2. The van der Waals surface area contributed by atoms with Crippen LogP contribution in [0.1, 0.15) is 27.8 Å². The Morgan fingerprint density at radius 2 is 1.91 bits per heavy atom. The number of ether oxygens (including phenoxy) is 1. The molecule has 32 heavy (non-hydrogen) atoms. The summed E-state index contributed by atoms with van der Waals surface area (Å²) in [6.07, 6.45) is 1.43. The molecule has 0 fully saturated rings. The van der Waals surface area contributed by atoms with Gasteiger partial charge in [-0.1, -0.05) is 11.3 Å². The summed E-state index contributed by atoms with van der Waals surface area (Å²) < 4.78 is 11.3. The van der Waals surface area contributed by atoms with Crippen LogP contribution < -0.4 is 20.7 Å². The first-order chi connectivity index (χ1) is 15.5. The molecule has 3 N–H and O–H groups in total. The summed E-state index contributed by atoms with van der Waals surface area (Å²) in [5.74, 6) is 0.209. The topological polar surface area (TPSA) is 105 Å². The monoisotopic (exact) mass is 466 g/mol. The first-order valence-corrected chi connectivity index (χ1v) is 10.8. The van der Waals surface area contributed by atoms with Crippen molar-refractivity contribution in [3.05, 3.63) is 72.2 Å². The summed E-state index contributed by atoms with van der Waals surface area (Å²) in [7, 11) is 0. The van der Waals surface area contributed by atoms with Crippen molar-refractivity contribution in [2.75, 3.05) is 17.2 Å². The highest BCUT2D eigenvalue weighted by Gasteiger charge is 2.13. The Morgan fingerprint density at radius 1 is 1.09 bits per heavy atom. The van der Waals surface area contributed by atoms with Crippen LogP contribution in [-0.4, -0.2) is 28.5 Å². The number of carbonyl (C=O) groups is 2. The van der Waals surface area contributed by atoms with Gasteiger partial charge in [-0.05, 0) is 73.7 Å². The number of thiazole rings is 1. The van der Waals surface area contributed by atoms with E-state index in [1.54, 1.807) is 48.5 Å². The van der Waals surface area contributed by atoms with Crippen molar-refractivity contribution in [1.29, 1.82) is 0 Å². The van der Waals surface area contributed by atoms with Crippen LogP contribution in [0.4, 0.5) is 10.8 Å². The van der Waals surface area contributed by atoms with Crippen LogP contribution in [0.25, 0.3) is 10.2 Å². The molecule has 0 spiro atoms. The maximum atomic E-state index is 12.4. The number of aromatic nitrogens is 1. The molecule has 4 aromatic rings. The number of rotatable bonds is 6. The number of hydrogen-bond acceptors (Lipinski definition) is 7. The molecule has 2 aromatic carbocycles. The van der Waals surface area contributed by atoms with E-state index in [9.17, 15) is 9.59 Å². The third-order valence-electron chi connectivity index (χ3n) is 4.27. The van der Waals surface area contributed by atoms with Crippen LogP contribution in [0.5, 0.6) is 5.75 Å². The number of anilines is 2. The molecule has 0 aliphatic carbocycles. The Bertz CT molecular complexity index is 1270. The molecule has 0 unspecified atom stereocenters. The van der Waals surface area contributed by atoms with Gasteiger partial charge >= 0.3 is 0 Å². The lowest BCUT2D eigenvalue weighted by Gasteiger charge is -2.10. The number of carbonyl (C=O) groups excluding carboxylic acids is 2. The molecule has 2 amide bonds. The van der Waals surface area contributed by atoms with Gasteiger partial charge < -0.3 is 14.5 Å². The molecule has 0 bridgehead atoms. The summed E-state index contributed by atoms with van der Waals surface area (Å²) in [4.78, 5) is 28.9. The first-order valence-electron chi connectivity index (χ1n) is 9.62. The van der Waals surface area contributed by atoms with Crippen LogP contribution in [0.15, 0.2) is 65.3 Å². The Hall–Kier alpha value is -3.76. The molecule has 2 aromatic heterocycles. The summed E-state index contributed by atoms with van der Waals surface area (Å²) in [6.45, 7) is 2.45. The number of fused-ring (bicyclic) bond motifs is 1. The van der Waals surface area contributed by atoms with Gasteiger partial charge in [-0.3, -0.25) is 20.2 Å². The smallest absolute Gasteiger partial charge is 0.293 e. The van der Waals surface area contributed by atoms with Crippen molar-refractivity contribution >= 4 is 61.5 Å². The van der Waals surface area contributed by atoms with Crippen molar-refractivity contribution in [2.24, 2.45) is 0 Å². The Labute approximate surface area is 192 Å². The van der Waals surface area contributed by atoms with Crippen molar-refractivity contribution in [3.8, 4) is 5.75 Å². The van der Waals surface area contributed by atoms with E-state index in [1.807, 2.05) is 13.0 Å². The van der Waals surface area contributed by atoms with Gasteiger partial charge in [-0.2, -0.15) is 0 Å². The Balaban J connectivity index is 1.38. The number of furan rings is 1. The van der Waals surface area contributed by atoms with E-state index in [0.717, 1.165) is 10.2 Å². The van der Waals surface area contributed by atoms with E-state index in [4.69, 9.17) is 21.4 Å². The fourth-order valence-corrected chi connectivity index (χ4v) is 3.94. The zero-order valence-corrected chi connectivity index (χ0v) is 18.5. The van der Waals surface area contributed by atoms with Crippen LogP contribution in [-0.2, 0) is 0 Å².